The number of nitrogens with one attached hydrogen (secondary N) is 2. The SMILES string of the molecule is CC(=O)Nc1nnc(CCCNS(=O)(=O)c2ccc(C)cc2)s1. The Morgan fingerprint density at radius 3 is 2.57 bits per heavy atom. The van der Waals surface area contributed by atoms with E-state index < -0.39 is 10.0 Å². The molecule has 1 heterocycles. The maximum atomic E-state index is 12.1. The molecule has 0 aliphatic heterocycles. The number of rotatable bonds is 7. The van der Waals surface area contributed by atoms with Gasteiger partial charge >= 0.3 is 0 Å². The molecule has 1 aromatic heterocycles. The first-order valence-electron chi connectivity index (χ1n) is 7.03. The van der Waals surface area contributed by atoms with Crippen molar-refractivity contribution in [2.24, 2.45) is 0 Å². The number of aryl methyl sites for hydroxylation is 2. The highest BCUT2D eigenvalue weighted by Crippen LogP contribution is 2.16. The quantitative estimate of drug-likeness (QED) is 0.737. The Bertz CT molecular complexity index is 770. The number of sulfonamides is 1. The molecule has 23 heavy (non-hydrogen) atoms. The third-order valence-corrected chi connectivity index (χ3v) is 5.32. The summed E-state index contributed by atoms with van der Waals surface area (Å²) in [5.74, 6) is -0.196. The Hall–Kier alpha value is -1.84. The van der Waals surface area contributed by atoms with Crippen molar-refractivity contribution in [2.45, 2.75) is 31.6 Å². The van der Waals surface area contributed by atoms with E-state index in [1.54, 1.807) is 24.3 Å². The smallest absolute Gasteiger partial charge is 0.240 e. The van der Waals surface area contributed by atoms with Crippen molar-refractivity contribution in [3.8, 4) is 0 Å². The van der Waals surface area contributed by atoms with E-state index in [4.69, 9.17) is 0 Å². The molecule has 2 rings (SSSR count). The van der Waals surface area contributed by atoms with Crippen molar-refractivity contribution < 1.29 is 13.2 Å². The first-order chi connectivity index (χ1) is 10.9. The average Bonchev–Trinajstić information content (AvgIpc) is 2.91. The fourth-order valence-corrected chi connectivity index (χ4v) is 3.70. The van der Waals surface area contributed by atoms with Crippen LogP contribution in [-0.2, 0) is 21.2 Å². The minimum absolute atomic E-state index is 0.196. The number of nitrogens with zero attached hydrogens (tertiary/aromatic N) is 2. The Kier molecular flexibility index (Phi) is 5.80. The molecule has 0 saturated carbocycles. The van der Waals surface area contributed by atoms with E-state index >= 15 is 0 Å². The van der Waals surface area contributed by atoms with Crippen LogP contribution in [0.1, 0.15) is 23.9 Å². The number of aromatic nitrogens is 2. The third-order valence-electron chi connectivity index (χ3n) is 2.94. The highest BCUT2D eigenvalue weighted by molar-refractivity contribution is 7.89. The summed E-state index contributed by atoms with van der Waals surface area (Å²) in [4.78, 5) is 11.2. The number of hydrogen-bond donors (Lipinski definition) is 2. The van der Waals surface area contributed by atoms with Crippen molar-refractivity contribution in [3.63, 3.8) is 0 Å². The summed E-state index contributed by atoms with van der Waals surface area (Å²) in [6.45, 7) is 3.62. The second-order valence-corrected chi connectivity index (χ2v) is 7.83. The second-order valence-electron chi connectivity index (χ2n) is 5.00. The molecule has 0 aliphatic carbocycles. The van der Waals surface area contributed by atoms with Crippen LogP contribution in [0, 0.1) is 6.92 Å². The number of benzene rings is 1. The van der Waals surface area contributed by atoms with Gasteiger partial charge in [-0.2, -0.15) is 0 Å². The molecular weight excluding hydrogens is 336 g/mol. The Morgan fingerprint density at radius 2 is 1.91 bits per heavy atom. The zero-order valence-corrected chi connectivity index (χ0v) is 14.5. The van der Waals surface area contributed by atoms with Gasteiger partial charge in [0.1, 0.15) is 5.01 Å². The predicted octanol–water partition coefficient (Wildman–Crippen LogP) is 1.72. The van der Waals surface area contributed by atoms with E-state index in [0.717, 1.165) is 10.6 Å². The Balaban J connectivity index is 1.81. The van der Waals surface area contributed by atoms with Gasteiger partial charge in [-0.25, -0.2) is 13.1 Å². The molecule has 2 aromatic rings. The van der Waals surface area contributed by atoms with Crippen molar-refractivity contribution in [2.75, 3.05) is 11.9 Å². The molecule has 0 saturated heterocycles. The highest BCUT2D eigenvalue weighted by atomic mass is 32.2. The van der Waals surface area contributed by atoms with Crippen molar-refractivity contribution in [1.82, 2.24) is 14.9 Å². The van der Waals surface area contributed by atoms with Crippen LogP contribution in [0.2, 0.25) is 0 Å². The Morgan fingerprint density at radius 1 is 1.22 bits per heavy atom. The minimum Gasteiger partial charge on any atom is -0.301 e. The van der Waals surface area contributed by atoms with Gasteiger partial charge in [-0.05, 0) is 25.5 Å². The van der Waals surface area contributed by atoms with E-state index in [1.807, 2.05) is 6.92 Å². The number of carbonyl (C=O) groups is 1. The Labute approximate surface area is 139 Å². The molecule has 0 fully saturated rings. The van der Waals surface area contributed by atoms with Crippen molar-refractivity contribution in [1.29, 1.82) is 0 Å². The lowest BCUT2D eigenvalue weighted by molar-refractivity contribution is -0.114. The van der Waals surface area contributed by atoms with Crippen LogP contribution in [0.15, 0.2) is 29.2 Å². The van der Waals surface area contributed by atoms with Gasteiger partial charge in [0, 0.05) is 19.9 Å². The summed E-state index contributed by atoms with van der Waals surface area (Å²) in [7, 11) is -3.48. The molecule has 0 atom stereocenters. The van der Waals surface area contributed by atoms with Crippen LogP contribution in [0.25, 0.3) is 0 Å². The molecule has 124 valence electrons. The first kappa shape index (κ1) is 17.5. The zero-order chi connectivity index (χ0) is 16.9. The molecule has 9 heteroatoms. The van der Waals surface area contributed by atoms with Gasteiger partial charge in [-0.15, -0.1) is 10.2 Å². The monoisotopic (exact) mass is 354 g/mol. The summed E-state index contributed by atoms with van der Waals surface area (Å²) in [6, 6.07) is 6.70. The third kappa shape index (κ3) is 5.38. The second kappa shape index (κ2) is 7.62. The van der Waals surface area contributed by atoms with Crippen LogP contribution < -0.4 is 10.0 Å². The van der Waals surface area contributed by atoms with Crippen molar-refractivity contribution in [3.05, 3.63) is 34.8 Å². The van der Waals surface area contributed by atoms with Crippen LogP contribution in [0.4, 0.5) is 5.13 Å². The van der Waals surface area contributed by atoms with E-state index in [0.29, 0.717) is 24.5 Å². The molecule has 0 radical (unpaired) electrons. The lowest BCUT2D eigenvalue weighted by atomic mass is 10.2. The van der Waals surface area contributed by atoms with Crippen LogP contribution in [0.3, 0.4) is 0 Å². The van der Waals surface area contributed by atoms with Gasteiger partial charge in [-0.3, -0.25) is 4.79 Å². The number of hydrogen-bond acceptors (Lipinski definition) is 6. The highest BCUT2D eigenvalue weighted by Gasteiger charge is 2.13. The summed E-state index contributed by atoms with van der Waals surface area (Å²) in [5, 5.41) is 11.6. The fraction of sp³-hybridized carbons (Fsp3) is 0.357. The summed E-state index contributed by atoms with van der Waals surface area (Å²) in [5.41, 5.74) is 1.01. The normalized spacial score (nSPS) is 11.4. The largest absolute Gasteiger partial charge is 0.301 e. The maximum Gasteiger partial charge on any atom is 0.240 e. The number of carbonyl (C=O) groups excluding carboxylic acids is 1. The summed E-state index contributed by atoms with van der Waals surface area (Å²) >= 11 is 1.29. The van der Waals surface area contributed by atoms with E-state index in [1.165, 1.54) is 18.3 Å². The molecule has 0 unspecified atom stereocenters. The summed E-state index contributed by atoms with van der Waals surface area (Å²) in [6.07, 6.45) is 1.19. The maximum absolute atomic E-state index is 12.1. The van der Waals surface area contributed by atoms with Gasteiger partial charge in [0.05, 0.1) is 4.90 Å². The molecule has 0 spiro atoms. The van der Waals surface area contributed by atoms with Crippen molar-refractivity contribution >= 4 is 32.4 Å². The average molecular weight is 354 g/mol. The molecule has 0 aliphatic rings. The van der Waals surface area contributed by atoms with E-state index in [9.17, 15) is 13.2 Å². The molecule has 7 nitrogen and oxygen atoms in total. The molecule has 1 aromatic carbocycles. The predicted molar refractivity (Wildman–Crippen MR) is 88.9 cm³/mol. The lowest BCUT2D eigenvalue weighted by Crippen LogP contribution is -2.25. The van der Waals surface area contributed by atoms with E-state index in [-0.39, 0.29) is 10.8 Å². The minimum atomic E-state index is -3.48. The van der Waals surface area contributed by atoms with Gasteiger partial charge < -0.3 is 5.32 Å². The molecule has 0 bridgehead atoms. The van der Waals surface area contributed by atoms with Crippen LogP contribution in [-0.4, -0.2) is 31.1 Å². The topological polar surface area (TPSA) is 101 Å². The van der Waals surface area contributed by atoms with Gasteiger partial charge in [0.2, 0.25) is 21.1 Å². The zero-order valence-electron chi connectivity index (χ0n) is 12.9. The molecule has 1 amide bonds. The first-order valence-corrected chi connectivity index (χ1v) is 9.33. The van der Waals surface area contributed by atoms with Crippen LogP contribution in [0.5, 0.6) is 0 Å². The van der Waals surface area contributed by atoms with Gasteiger partial charge in [0.25, 0.3) is 0 Å². The van der Waals surface area contributed by atoms with Crippen LogP contribution >= 0.6 is 11.3 Å². The number of anilines is 1. The summed E-state index contributed by atoms with van der Waals surface area (Å²) < 4.78 is 26.8. The van der Waals surface area contributed by atoms with Gasteiger partial charge in [0.15, 0.2) is 0 Å². The standard InChI is InChI=1S/C14H18N4O3S2/c1-10-5-7-12(8-6-10)23(20,21)15-9-3-4-13-17-18-14(22-13)16-11(2)19/h5-8,15H,3-4,9H2,1-2H3,(H,16,18,19). The molecule has 2 N–H and O–H groups in total. The van der Waals surface area contributed by atoms with Gasteiger partial charge in [-0.1, -0.05) is 29.0 Å². The number of amides is 1. The molecular formula is C14H18N4O3S2. The van der Waals surface area contributed by atoms with E-state index in [2.05, 4.69) is 20.2 Å². The fourth-order valence-electron chi connectivity index (χ4n) is 1.80. The lowest BCUT2D eigenvalue weighted by Gasteiger charge is -2.06.